The first kappa shape index (κ1) is 28.6. The van der Waals surface area contributed by atoms with Gasteiger partial charge in [0.25, 0.3) is 0 Å². The van der Waals surface area contributed by atoms with Crippen LogP contribution in [0.1, 0.15) is 22.3 Å². The van der Waals surface area contributed by atoms with Crippen molar-refractivity contribution >= 4 is 32.6 Å². The lowest BCUT2D eigenvalue weighted by Crippen LogP contribution is -2.25. The van der Waals surface area contributed by atoms with E-state index in [1.54, 1.807) is 0 Å². The van der Waals surface area contributed by atoms with E-state index in [4.69, 9.17) is 0 Å². The van der Waals surface area contributed by atoms with E-state index in [1.807, 2.05) is 0 Å². The molecule has 0 atom stereocenters. The van der Waals surface area contributed by atoms with Crippen molar-refractivity contribution in [3.63, 3.8) is 0 Å². The van der Waals surface area contributed by atoms with Crippen molar-refractivity contribution in [1.29, 1.82) is 0 Å². The summed E-state index contributed by atoms with van der Waals surface area (Å²) in [7, 11) is 0. The molecule has 0 fully saturated rings. The van der Waals surface area contributed by atoms with E-state index in [-0.39, 0.29) is 5.41 Å². The minimum absolute atomic E-state index is 0.381. The molecule has 0 aliphatic heterocycles. The second kappa shape index (κ2) is 10.1. The topological polar surface area (TPSA) is 4.93 Å². The van der Waals surface area contributed by atoms with Gasteiger partial charge in [0.2, 0.25) is 0 Å². The van der Waals surface area contributed by atoms with E-state index >= 15 is 0 Å². The monoisotopic (exact) mass is 681 g/mol. The largest absolute Gasteiger partial charge is 0.309 e. The highest BCUT2D eigenvalue weighted by molar-refractivity contribution is 6.19. The van der Waals surface area contributed by atoms with Crippen LogP contribution in [0.25, 0.3) is 93.9 Å². The quantitative estimate of drug-likeness (QED) is 0.171. The van der Waals surface area contributed by atoms with Crippen molar-refractivity contribution in [2.24, 2.45) is 0 Å². The highest BCUT2D eigenvalue weighted by atomic mass is 15.0. The second-order valence-corrected chi connectivity index (χ2v) is 15.1. The van der Waals surface area contributed by atoms with E-state index in [9.17, 15) is 0 Å². The van der Waals surface area contributed by atoms with Gasteiger partial charge in [-0.15, -0.1) is 0 Å². The Hall–Kier alpha value is -6.96. The molecule has 9 aromatic carbocycles. The number of aromatic nitrogens is 1. The van der Waals surface area contributed by atoms with Gasteiger partial charge in [-0.05, 0) is 119 Å². The summed E-state index contributed by atoms with van der Waals surface area (Å²) in [6.45, 7) is 0. The first-order chi connectivity index (χ1) is 26.8. The Morgan fingerprint density at radius 2 is 0.815 bits per heavy atom. The molecule has 1 aromatic heterocycles. The smallest absolute Gasteiger partial charge is 0.0726 e. The molecule has 248 valence electrons. The molecule has 1 nitrogen and oxygen atoms in total. The average Bonchev–Trinajstić information content (AvgIpc) is 3.93. The van der Waals surface area contributed by atoms with Gasteiger partial charge >= 0.3 is 0 Å². The number of fused-ring (bicyclic) bond motifs is 16. The lowest BCUT2D eigenvalue weighted by Gasteiger charge is -2.30. The van der Waals surface area contributed by atoms with Crippen molar-refractivity contribution < 1.29 is 0 Å². The molecule has 13 rings (SSSR count). The third-order valence-electron chi connectivity index (χ3n) is 12.8. The molecule has 0 bridgehead atoms. The summed E-state index contributed by atoms with van der Waals surface area (Å²) in [5, 5.41) is 5.23. The Bertz CT molecular complexity index is 3190. The summed E-state index contributed by atoms with van der Waals surface area (Å²) in [5.41, 5.74) is 21.9. The number of nitrogens with zero attached hydrogens (tertiary/aromatic N) is 1. The number of hydrogen-bond donors (Lipinski definition) is 0. The van der Waals surface area contributed by atoms with Crippen LogP contribution in [-0.2, 0) is 5.41 Å². The van der Waals surface area contributed by atoms with Crippen LogP contribution >= 0.6 is 0 Å². The number of para-hydroxylation sites is 1. The minimum Gasteiger partial charge on any atom is -0.309 e. The summed E-state index contributed by atoms with van der Waals surface area (Å²) in [5.74, 6) is 0. The van der Waals surface area contributed by atoms with Crippen LogP contribution in [0.3, 0.4) is 0 Å². The molecule has 0 amide bonds. The first-order valence-electron chi connectivity index (χ1n) is 18.9. The van der Waals surface area contributed by atoms with Gasteiger partial charge in [-0.2, -0.15) is 0 Å². The average molecular weight is 682 g/mol. The van der Waals surface area contributed by atoms with E-state index in [2.05, 4.69) is 193 Å². The number of benzene rings is 9. The minimum atomic E-state index is -0.381. The third kappa shape index (κ3) is 3.37. The Labute approximate surface area is 313 Å². The zero-order valence-electron chi connectivity index (χ0n) is 29.3. The van der Waals surface area contributed by atoms with Gasteiger partial charge in [0.15, 0.2) is 0 Å². The maximum absolute atomic E-state index is 2.53. The molecule has 0 saturated heterocycles. The van der Waals surface area contributed by atoms with Gasteiger partial charge in [-0.3, -0.25) is 0 Å². The Morgan fingerprint density at radius 3 is 1.50 bits per heavy atom. The zero-order valence-corrected chi connectivity index (χ0v) is 29.3. The van der Waals surface area contributed by atoms with Crippen molar-refractivity contribution in [2.75, 3.05) is 0 Å². The van der Waals surface area contributed by atoms with Gasteiger partial charge in [-0.1, -0.05) is 158 Å². The van der Waals surface area contributed by atoms with E-state index in [1.165, 1.54) is 116 Å². The molecule has 0 unspecified atom stereocenters. The summed E-state index contributed by atoms with van der Waals surface area (Å²) >= 11 is 0. The van der Waals surface area contributed by atoms with Crippen molar-refractivity contribution in [2.45, 2.75) is 5.41 Å². The highest BCUT2D eigenvalue weighted by Crippen LogP contribution is 2.63. The molecule has 3 aliphatic carbocycles. The lowest BCUT2D eigenvalue weighted by atomic mass is 9.70. The summed E-state index contributed by atoms with van der Waals surface area (Å²) in [4.78, 5) is 0. The van der Waals surface area contributed by atoms with E-state index in [0.29, 0.717) is 0 Å². The van der Waals surface area contributed by atoms with Crippen LogP contribution in [0.15, 0.2) is 188 Å². The highest BCUT2D eigenvalue weighted by Gasteiger charge is 2.51. The van der Waals surface area contributed by atoms with Gasteiger partial charge in [0, 0.05) is 16.5 Å². The Kier molecular flexibility index (Phi) is 5.36. The molecule has 10 aromatic rings. The zero-order chi connectivity index (χ0) is 35.1. The van der Waals surface area contributed by atoms with Crippen LogP contribution in [-0.4, -0.2) is 4.57 Å². The first-order valence-corrected chi connectivity index (χ1v) is 18.9. The van der Waals surface area contributed by atoms with Gasteiger partial charge in [0.1, 0.15) is 0 Å². The maximum Gasteiger partial charge on any atom is 0.0726 e. The molecule has 54 heavy (non-hydrogen) atoms. The molecule has 3 aliphatic rings. The van der Waals surface area contributed by atoms with Crippen molar-refractivity contribution in [3.8, 4) is 61.3 Å². The van der Waals surface area contributed by atoms with Gasteiger partial charge < -0.3 is 4.57 Å². The molecular weight excluding hydrogens is 651 g/mol. The van der Waals surface area contributed by atoms with Crippen LogP contribution in [0.2, 0.25) is 0 Å². The van der Waals surface area contributed by atoms with Crippen molar-refractivity contribution in [3.05, 3.63) is 210 Å². The summed E-state index contributed by atoms with van der Waals surface area (Å²) < 4.78 is 2.49. The number of hydrogen-bond acceptors (Lipinski definition) is 0. The fourth-order valence-electron chi connectivity index (χ4n) is 10.7. The normalized spacial score (nSPS) is 13.7. The van der Waals surface area contributed by atoms with Gasteiger partial charge in [0.05, 0.1) is 16.4 Å². The van der Waals surface area contributed by atoms with Crippen molar-refractivity contribution in [1.82, 2.24) is 4.57 Å². The molecule has 1 spiro atoms. The van der Waals surface area contributed by atoms with E-state index < -0.39 is 0 Å². The fraction of sp³-hybridized carbons (Fsp3) is 0.0189. The summed E-state index contributed by atoms with van der Waals surface area (Å²) in [6, 6.07) is 70.6. The van der Waals surface area contributed by atoms with Gasteiger partial charge in [-0.25, -0.2) is 0 Å². The molecule has 1 heteroatoms. The second-order valence-electron chi connectivity index (χ2n) is 15.1. The van der Waals surface area contributed by atoms with Crippen LogP contribution in [0.4, 0.5) is 0 Å². The molecule has 1 heterocycles. The third-order valence-corrected chi connectivity index (χ3v) is 12.8. The van der Waals surface area contributed by atoms with Crippen LogP contribution in [0, 0.1) is 0 Å². The Balaban J connectivity index is 1.04. The Morgan fingerprint density at radius 1 is 0.296 bits per heavy atom. The lowest BCUT2D eigenvalue weighted by molar-refractivity contribution is 0.794. The predicted molar refractivity (Wildman–Crippen MR) is 224 cm³/mol. The SMILES string of the molecule is c1ccc2c(c1)-c1cccc3c(-c4ccc(-n5c6ccccc6c6cc7c(cc65)C5(c6ccccc6-c6ccccc65)c5ccccc5-7)cc4)ccc-2c13. The van der Waals surface area contributed by atoms with E-state index in [0.717, 1.165) is 0 Å². The molecule has 0 N–H and O–H groups in total. The molecule has 0 saturated carbocycles. The maximum atomic E-state index is 2.53. The van der Waals surface area contributed by atoms with Crippen LogP contribution < -0.4 is 0 Å². The fourth-order valence-corrected chi connectivity index (χ4v) is 10.7. The summed E-state index contributed by atoms with van der Waals surface area (Å²) in [6.07, 6.45) is 0. The predicted octanol–water partition coefficient (Wildman–Crippen LogP) is 13.6. The molecular formula is C53H31N. The van der Waals surface area contributed by atoms with Crippen LogP contribution in [0.5, 0.6) is 0 Å². The number of rotatable bonds is 2. The standard InChI is InChI=1S/C53H31N/c1-2-13-36-35(12-1)42-19-11-18-41-34(28-29-43(36)52(41)42)32-24-26-33(27-25-32)54-50-23-10-6-17-40(50)45-30-44-39-16-5-9-22-48(39)53(49(44)31-51(45)54)46-20-7-3-14-37(46)38-15-4-8-21-47(38)53/h1-31H. The molecule has 0 radical (unpaired) electrons.